The first kappa shape index (κ1) is 27.0. The van der Waals surface area contributed by atoms with Gasteiger partial charge in [0.05, 0.1) is 41.1 Å². The monoisotopic (exact) mass is 547 g/mol. The van der Waals surface area contributed by atoms with E-state index in [1.165, 1.54) is 0 Å². The molecule has 2 aromatic carbocycles. The fraction of sp³-hybridized carbons (Fsp3) is 0.345. The number of benzene rings is 2. The first-order valence-electron chi connectivity index (χ1n) is 13.1. The van der Waals surface area contributed by atoms with Gasteiger partial charge in [-0.2, -0.15) is 0 Å². The van der Waals surface area contributed by atoms with E-state index in [2.05, 4.69) is 15.2 Å². The molecule has 1 aliphatic heterocycles. The van der Waals surface area contributed by atoms with Gasteiger partial charge in [-0.05, 0) is 43.2 Å². The van der Waals surface area contributed by atoms with Crippen molar-refractivity contribution in [3.8, 4) is 0 Å². The molecule has 0 aliphatic carbocycles. The third kappa shape index (κ3) is 6.35. The van der Waals surface area contributed by atoms with Crippen molar-refractivity contribution in [2.24, 2.45) is 0 Å². The van der Waals surface area contributed by atoms with Gasteiger partial charge in [-0.1, -0.05) is 36.4 Å². The predicted molar refractivity (Wildman–Crippen MR) is 151 cm³/mol. The largest absolute Gasteiger partial charge is 0.379 e. The lowest BCUT2D eigenvalue weighted by Gasteiger charge is -2.25. The number of ether oxygens (including phenoxy) is 1. The van der Waals surface area contributed by atoms with Crippen LogP contribution in [0, 0.1) is 0 Å². The highest BCUT2D eigenvalue weighted by atomic mass is 32.2. The molecule has 0 spiro atoms. The minimum atomic E-state index is -3.50. The molecule has 1 saturated heterocycles. The van der Waals surface area contributed by atoms with E-state index in [9.17, 15) is 13.2 Å². The highest BCUT2D eigenvalue weighted by molar-refractivity contribution is 7.92. The summed E-state index contributed by atoms with van der Waals surface area (Å²) in [6.07, 6.45) is 2.62. The summed E-state index contributed by atoms with van der Waals surface area (Å²) in [7, 11) is -3.50. The van der Waals surface area contributed by atoms with Crippen molar-refractivity contribution in [3.05, 3.63) is 77.7 Å². The third-order valence-corrected chi connectivity index (χ3v) is 8.99. The fourth-order valence-electron chi connectivity index (χ4n) is 4.69. The molecule has 2 aromatic heterocycles. The Morgan fingerprint density at radius 2 is 1.82 bits per heavy atom. The summed E-state index contributed by atoms with van der Waals surface area (Å²) < 4.78 is 31.3. The molecule has 3 heterocycles. The van der Waals surface area contributed by atoms with Gasteiger partial charge in [-0.3, -0.25) is 9.69 Å². The molecule has 1 aliphatic rings. The lowest BCUT2D eigenvalue weighted by Crippen LogP contribution is -2.39. The standard InChI is InChI=1S/C29H33N5O4S/c1-20(2)39(36,37)26-9-4-3-8-24(26)32-29-28-25(10-11-30-28)31-27(33-29)18-22-7-5-6-21(16-22)17-23(35)19-34-12-14-38-15-13-34/h3-11,16,20,30H,12-15,17-19H2,1-2H3,(H,31,32,33). The number of carbonyl (C=O) groups is 1. The number of hydrogen-bond acceptors (Lipinski definition) is 8. The van der Waals surface area contributed by atoms with Crippen LogP contribution in [0.4, 0.5) is 11.5 Å². The van der Waals surface area contributed by atoms with Gasteiger partial charge in [-0.25, -0.2) is 18.4 Å². The maximum absolute atomic E-state index is 13.0. The molecule has 0 saturated carbocycles. The summed E-state index contributed by atoms with van der Waals surface area (Å²) >= 11 is 0. The molecule has 5 rings (SSSR count). The van der Waals surface area contributed by atoms with Crippen LogP contribution in [0.2, 0.25) is 0 Å². The maximum atomic E-state index is 13.0. The molecule has 0 amide bonds. The highest BCUT2D eigenvalue weighted by Crippen LogP contribution is 2.30. The normalized spacial score (nSPS) is 14.6. The molecule has 0 radical (unpaired) electrons. The molecule has 39 heavy (non-hydrogen) atoms. The van der Waals surface area contributed by atoms with Crippen LogP contribution in [0.1, 0.15) is 30.8 Å². The van der Waals surface area contributed by atoms with E-state index in [-0.39, 0.29) is 10.7 Å². The molecule has 9 nitrogen and oxygen atoms in total. The van der Waals surface area contributed by atoms with Crippen molar-refractivity contribution in [1.29, 1.82) is 0 Å². The Hall–Kier alpha value is -3.60. The van der Waals surface area contributed by atoms with Gasteiger partial charge < -0.3 is 15.0 Å². The van der Waals surface area contributed by atoms with Crippen LogP contribution < -0.4 is 5.32 Å². The van der Waals surface area contributed by atoms with E-state index in [1.54, 1.807) is 44.3 Å². The number of hydrogen-bond donors (Lipinski definition) is 2. The molecule has 204 valence electrons. The topological polar surface area (TPSA) is 117 Å². The number of aromatic nitrogens is 3. The average molecular weight is 548 g/mol. The SMILES string of the molecule is CC(C)S(=O)(=O)c1ccccc1Nc1nc(Cc2cccc(CC(=O)CN3CCOCC3)c2)nc2cc[nH]c12. The van der Waals surface area contributed by atoms with E-state index in [4.69, 9.17) is 14.7 Å². The number of morpholine rings is 1. The van der Waals surface area contributed by atoms with E-state index >= 15 is 0 Å². The number of nitrogens with zero attached hydrogens (tertiary/aromatic N) is 3. The number of sulfone groups is 1. The van der Waals surface area contributed by atoms with Gasteiger partial charge in [0.15, 0.2) is 21.4 Å². The average Bonchev–Trinajstić information content (AvgIpc) is 3.39. The van der Waals surface area contributed by atoms with Crippen molar-refractivity contribution in [2.45, 2.75) is 36.8 Å². The van der Waals surface area contributed by atoms with Crippen LogP contribution in [-0.4, -0.2) is 72.2 Å². The zero-order valence-electron chi connectivity index (χ0n) is 22.2. The van der Waals surface area contributed by atoms with Crippen LogP contribution in [0.5, 0.6) is 0 Å². The quantitative estimate of drug-likeness (QED) is 0.307. The Morgan fingerprint density at radius 1 is 1.05 bits per heavy atom. The highest BCUT2D eigenvalue weighted by Gasteiger charge is 2.23. The lowest BCUT2D eigenvalue weighted by molar-refractivity contribution is -0.120. The summed E-state index contributed by atoms with van der Waals surface area (Å²) in [4.78, 5) is 27.7. The summed E-state index contributed by atoms with van der Waals surface area (Å²) in [6, 6.07) is 16.7. The van der Waals surface area contributed by atoms with Crippen molar-refractivity contribution >= 4 is 38.2 Å². The number of rotatable bonds is 10. The van der Waals surface area contributed by atoms with Crippen LogP contribution in [0.25, 0.3) is 11.0 Å². The van der Waals surface area contributed by atoms with Crippen molar-refractivity contribution in [1.82, 2.24) is 19.9 Å². The Labute approximate surface area is 228 Å². The summed E-state index contributed by atoms with van der Waals surface area (Å²) in [6.45, 7) is 6.69. The predicted octanol–water partition coefficient (Wildman–Crippen LogP) is 3.92. The van der Waals surface area contributed by atoms with Crippen molar-refractivity contribution in [2.75, 3.05) is 38.2 Å². The van der Waals surface area contributed by atoms with E-state index in [1.807, 2.05) is 30.3 Å². The number of carbonyl (C=O) groups excluding carboxylic acids is 1. The van der Waals surface area contributed by atoms with Crippen LogP contribution in [0.3, 0.4) is 0 Å². The van der Waals surface area contributed by atoms with Crippen LogP contribution in [-0.2, 0) is 32.2 Å². The molecule has 4 aromatic rings. The van der Waals surface area contributed by atoms with E-state index in [0.29, 0.717) is 55.4 Å². The minimum absolute atomic E-state index is 0.181. The number of para-hydroxylation sites is 1. The Morgan fingerprint density at radius 3 is 2.62 bits per heavy atom. The van der Waals surface area contributed by atoms with Crippen molar-refractivity contribution < 1.29 is 17.9 Å². The molecular formula is C29H33N5O4S. The molecular weight excluding hydrogens is 514 g/mol. The molecule has 0 atom stereocenters. The molecule has 2 N–H and O–H groups in total. The molecule has 0 bridgehead atoms. The summed E-state index contributed by atoms with van der Waals surface area (Å²) in [5, 5.41) is 2.69. The molecule has 10 heteroatoms. The summed E-state index contributed by atoms with van der Waals surface area (Å²) in [5.74, 6) is 1.27. The Kier molecular flexibility index (Phi) is 8.06. The first-order valence-corrected chi connectivity index (χ1v) is 14.7. The molecule has 1 fully saturated rings. The third-order valence-electron chi connectivity index (χ3n) is 6.78. The smallest absolute Gasteiger partial charge is 0.182 e. The van der Waals surface area contributed by atoms with Gasteiger partial charge in [0.25, 0.3) is 0 Å². The zero-order valence-corrected chi connectivity index (χ0v) is 23.0. The van der Waals surface area contributed by atoms with Crippen molar-refractivity contribution in [3.63, 3.8) is 0 Å². The second-order valence-corrected chi connectivity index (χ2v) is 12.5. The van der Waals surface area contributed by atoms with Gasteiger partial charge >= 0.3 is 0 Å². The number of fused-ring (bicyclic) bond motifs is 1. The second kappa shape index (κ2) is 11.6. The number of Topliss-reactive ketones (excluding diaryl/α,β-unsaturated/α-hetero) is 1. The number of H-pyrrole nitrogens is 1. The number of aromatic amines is 1. The van der Waals surface area contributed by atoms with Gasteiger partial charge in [0, 0.05) is 32.1 Å². The number of nitrogens with one attached hydrogen (secondary N) is 2. The maximum Gasteiger partial charge on any atom is 0.182 e. The summed E-state index contributed by atoms with van der Waals surface area (Å²) in [5.41, 5.74) is 3.84. The van der Waals surface area contributed by atoms with Crippen LogP contribution in [0.15, 0.2) is 65.7 Å². The minimum Gasteiger partial charge on any atom is -0.379 e. The zero-order chi connectivity index (χ0) is 27.4. The number of anilines is 2. The van der Waals surface area contributed by atoms with Crippen LogP contribution >= 0.6 is 0 Å². The van der Waals surface area contributed by atoms with E-state index in [0.717, 1.165) is 29.7 Å². The molecule has 0 unspecified atom stereocenters. The lowest BCUT2D eigenvalue weighted by atomic mass is 10.0. The fourth-order valence-corrected chi connectivity index (χ4v) is 5.89. The Bertz CT molecular complexity index is 1580. The van der Waals surface area contributed by atoms with Gasteiger partial charge in [0.1, 0.15) is 11.3 Å². The first-order chi connectivity index (χ1) is 18.8. The van der Waals surface area contributed by atoms with E-state index < -0.39 is 15.1 Å². The van der Waals surface area contributed by atoms with Gasteiger partial charge in [0.2, 0.25) is 0 Å². The second-order valence-electron chi connectivity index (χ2n) is 10.0. The number of ketones is 1. The van der Waals surface area contributed by atoms with Gasteiger partial charge in [-0.15, -0.1) is 0 Å². The Balaban J connectivity index is 1.37.